The summed E-state index contributed by atoms with van der Waals surface area (Å²) >= 11 is 5.49. The van der Waals surface area contributed by atoms with Crippen LogP contribution >= 0.6 is 11.6 Å². The van der Waals surface area contributed by atoms with E-state index in [9.17, 15) is 22.8 Å². The number of halogens is 1. The van der Waals surface area contributed by atoms with Crippen molar-refractivity contribution in [2.75, 3.05) is 6.26 Å². The average Bonchev–Trinajstić information content (AvgIpc) is 2.22. The number of hydrogen-bond acceptors (Lipinski definition) is 5. The predicted octanol–water partition coefficient (Wildman–Crippen LogP) is -1.81. The first-order valence-corrected chi connectivity index (χ1v) is 7.06. The van der Waals surface area contributed by atoms with Gasteiger partial charge in [-0.25, -0.2) is 13.2 Å². The number of nitrogens with one attached hydrogen (secondary N) is 2. The van der Waals surface area contributed by atoms with Crippen molar-refractivity contribution in [3.8, 4) is 0 Å². The Hall–Kier alpha value is -1.65. The molecule has 106 valence electrons. The van der Waals surface area contributed by atoms with Crippen LogP contribution in [0.4, 0.5) is 0 Å². The van der Waals surface area contributed by atoms with E-state index in [2.05, 4.69) is 0 Å². The van der Waals surface area contributed by atoms with E-state index in [1.807, 2.05) is 9.71 Å². The minimum absolute atomic E-state index is 0.317. The maximum Gasteiger partial charge on any atom is 0.328 e. The molecule has 0 fully saturated rings. The molecule has 3 N–H and O–H groups in total. The second-order valence-corrected chi connectivity index (χ2v) is 5.86. The van der Waals surface area contributed by atoms with E-state index in [1.165, 1.54) is 0 Å². The molecule has 9 nitrogen and oxygen atoms in total. The van der Waals surface area contributed by atoms with Gasteiger partial charge in [-0.3, -0.25) is 19.1 Å². The third-order valence-electron chi connectivity index (χ3n) is 2.00. The first-order valence-electron chi connectivity index (χ1n) is 4.79. The van der Waals surface area contributed by atoms with Crippen molar-refractivity contribution in [2.45, 2.75) is 12.6 Å². The fraction of sp³-hybridized carbons (Fsp3) is 0.375. The quantitative estimate of drug-likeness (QED) is 0.586. The van der Waals surface area contributed by atoms with E-state index in [-0.39, 0.29) is 5.02 Å². The highest BCUT2D eigenvalue weighted by Gasteiger charge is 2.22. The molecule has 19 heavy (non-hydrogen) atoms. The van der Waals surface area contributed by atoms with Gasteiger partial charge in [0.05, 0.1) is 12.8 Å². The number of aliphatic carboxylic acids is 1. The zero-order chi connectivity index (χ0) is 14.8. The van der Waals surface area contributed by atoms with Gasteiger partial charge in [-0.2, -0.15) is 4.72 Å². The molecule has 1 heterocycles. The maximum absolute atomic E-state index is 11.4. The highest BCUT2D eigenvalue weighted by molar-refractivity contribution is 7.88. The molecule has 1 aromatic rings. The summed E-state index contributed by atoms with van der Waals surface area (Å²) < 4.78 is 24.6. The van der Waals surface area contributed by atoms with Gasteiger partial charge in [0.2, 0.25) is 10.0 Å². The summed E-state index contributed by atoms with van der Waals surface area (Å²) in [5.41, 5.74) is -1.71. The standard InChI is InChI=1S/C8H10ClN3O6S/c1-19(17,18)11-5(7(14)15)3-12-2-4(9)6(13)10-8(12)16/h2,5,11H,3H2,1H3,(H,14,15)(H,10,13,16)/t5-/m0/s1. The summed E-state index contributed by atoms with van der Waals surface area (Å²) in [4.78, 5) is 35.2. The summed E-state index contributed by atoms with van der Waals surface area (Å²) in [6.07, 6.45) is 1.72. The number of nitrogens with zero attached hydrogens (tertiary/aromatic N) is 1. The molecule has 1 atom stereocenters. The number of rotatable bonds is 5. The van der Waals surface area contributed by atoms with Crippen molar-refractivity contribution in [2.24, 2.45) is 0 Å². The molecule has 0 aromatic carbocycles. The Morgan fingerprint density at radius 2 is 2.16 bits per heavy atom. The number of sulfonamides is 1. The third kappa shape index (κ3) is 4.50. The SMILES string of the molecule is CS(=O)(=O)N[C@@H](Cn1cc(Cl)c(=O)[nH]c1=O)C(=O)O. The van der Waals surface area contributed by atoms with Crippen LogP contribution in [-0.2, 0) is 21.4 Å². The summed E-state index contributed by atoms with van der Waals surface area (Å²) in [5, 5.41) is 8.55. The largest absolute Gasteiger partial charge is 0.480 e. The number of carboxylic acid groups (broad SMARTS) is 1. The second-order valence-electron chi connectivity index (χ2n) is 3.67. The van der Waals surface area contributed by atoms with Gasteiger partial charge in [0, 0.05) is 6.20 Å². The van der Waals surface area contributed by atoms with E-state index in [0.29, 0.717) is 0 Å². The molecule has 1 aromatic heterocycles. The van der Waals surface area contributed by atoms with Gasteiger partial charge in [0.1, 0.15) is 11.1 Å². The minimum Gasteiger partial charge on any atom is -0.480 e. The van der Waals surface area contributed by atoms with Gasteiger partial charge in [0.15, 0.2) is 0 Å². The monoisotopic (exact) mass is 311 g/mol. The molecule has 0 aliphatic heterocycles. The van der Waals surface area contributed by atoms with E-state index in [0.717, 1.165) is 17.0 Å². The molecule has 0 saturated heterocycles. The maximum atomic E-state index is 11.4. The van der Waals surface area contributed by atoms with E-state index in [4.69, 9.17) is 16.7 Å². The molecule has 0 aliphatic carbocycles. The average molecular weight is 312 g/mol. The lowest BCUT2D eigenvalue weighted by molar-refractivity contribution is -0.139. The van der Waals surface area contributed by atoms with Crippen molar-refractivity contribution < 1.29 is 18.3 Å². The molecule has 0 bridgehead atoms. The Morgan fingerprint density at radius 1 is 1.58 bits per heavy atom. The third-order valence-corrected chi connectivity index (χ3v) is 2.98. The first-order chi connectivity index (χ1) is 8.60. The van der Waals surface area contributed by atoms with Crippen LogP contribution in [0, 0.1) is 0 Å². The van der Waals surface area contributed by atoms with Crippen LogP contribution in [0.3, 0.4) is 0 Å². The zero-order valence-corrected chi connectivity index (χ0v) is 11.2. The van der Waals surface area contributed by atoms with Crippen LogP contribution in [0.1, 0.15) is 0 Å². The van der Waals surface area contributed by atoms with Crippen LogP contribution in [0.25, 0.3) is 0 Å². The van der Waals surface area contributed by atoms with Crippen molar-refractivity contribution >= 4 is 27.6 Å². The van der Waals surface area contributed by atoms with E-state index in [1.54, 1.807) is 0 Å². The fourth-order valence-corrected chi connectivity index (χ4v) is 2.10. The van der Waals surface area contributed by atoms with Crippen molar-refractivity contribution in [1.29, 1.82) is 0 Å². The summed E-state index contributed by atoms with van der Waals surface area (Å²) in [5.74, 6) is -1.47. The smallest absolute Gasteiger partial charge is 0.328 e. The molecule has 0 unspecified atom stereocenters. The Morgan fingerprint density at radius 3 is 2.63 bits per heavy atom. The van der Waals surface area contributed by atoms with Crippen LogP contribution in [0.15, 0.2) is 15.8 Å². The normalized spacial score (nSPS) is 13.2. The van der Waals surface area contributed by atoms with Gasteiger partial charge < -0.3 is 5.11 Å². The molecular formula is C8H10ClN3O6S. The zero-order valence-electron chi connectivity index (χ0n) is 9.58. The molecule has 0 radical (unpaired) electrons. The van der Waals surface area contributed by atoms with E-state index < -0.39 is 39.8 Å². The number of H-pyrrole nitrogens is 1. The molecule has 0 amide bonds. The Labute approximate surface area is 111 Å². The van der Waals surface area contributed by atoms with Crippen LogP contribution in [-0.4, -0.2) is 41.3 Å². The minimum atomic E-state index is -3.77. The van der Waals surface area contributed by atoms with Crippen molar-refractivity contribution in [1.82, 2.24) is 14.3 Å². The Balaban J connectivity index is 3.11. The number of aromatic amines is 1. The van der Waals surface area contributed by atoms with Crippen LogP contribution in [0.5, 0.6) is 0 Å². The summed E-state index contributed by atoms with van der Waals surface area (Å²) in [6, 6.07) is -1.56. The lowest BCUT2D eigenvalue weighted by Crippen LogP contribution is -2.45. The van der Waals surface area contributed by atoms with Crippen LogP contribution < -0.4 is 16.0 Å². The molecule has 11 heteroatoms. The van der Waals surface area contributed by atoms with Gasteiger partial charge in [-0.05, 0) is 0 Å². The highest BCUT2D eigenvalue weighted by atomic mass is 35.5. The van der Waals surface area contributed by atoms with Crippen molar-refractivity contribution in [3.63, 3.8) is 0 Å². The van der Waals surface area contributed by atoms with Crippen LogP contribution in [0.2, 0.25) is 5.02 Å². The number of aromatic nitrogens is 2. The number of hydrogen-bond donors (Lipinski definition) is 3. The fourth-order valence-electron chi connectivity index (χ4n) is 1.24. The van der Waals surface area contributed by atoms with Gasteiger partial charge >= 0.3 is 11.7 Å². The lowest BCUT2D eigenvalue weighted by Gasteiger charge is -2.14. The molecule has 0 spiro atoms. The Bertz CT molecular complexity index is 706. The highest BCUT2D eigenvalue weighted by Crippen LogP contribution is 1.98. The Kier molecular flexibility index (Phi) is 4.50. The molecule has 0 aliphatic rings. The second kappa shape index (κ2) is 5.55. The number of carbonyl (C=O) groups is 1. The topological polar surface area (TPSA) is 138 Å². The molecule has 0 saturated carbocycles. The summed E-state index contributed by atoms with van der Waals surface area (Å²) in [7, 11) is -3.77. The predicted molar refractivity (Wildman–Crippen MR) is 65.7 cm³/mol. The summed E-state index contributed by atoms with van der Waals surface area (Å²) in [6.45, 7) is -0.516. The molecular weight excluding hydrogens is 302 g/mol. The van der Waals surface area contributed by atoms with Gasteiger partial charge in [0.25, 0.3) is 5.56 Å². The number of carboxylic acids is 1. The lowest BCUT2D eigenvalue weighted by atomic mass is 10.3. The van der Waals surface area contributed by atoms with Gasteiger partial charge in [-0.1, -0.05) is 11.6 Å². The van der Waals surface area contributed by atoms with E-state index >= 15 is 0 Å². The van der Waals surface area contributed by atoms with Crippen molar-refractivity contribution in [3.05, 3.63) is 32.1 Å². The first kappa shape index (κ1) is 15.4. The molecule has 1 rings (SSSR count). The van der Waals surface area contributed by atoms with Gasteiger partial charge in [-0.15, -0.1) is 0 Å².